The van der Waals surface area contributed by atoms with Gasteiger partial charge in [0.15, 0.2) is 5.17 Å². The number of thioether (sulfide) groups is 1. The topological polar surface area (TPSA) is 61.8 Å². The summed E-state index contributed by atoms with van der Waals surface area (Å²) in [6.07, 6.45) is 1.61. The zero-order valence-corrected chi connectivity index (χ0v) is 18.1. The number of amidine groups is 1. The molecule has 0 aliphatic carbocycles. The van der Waals surface area contributed by atoms with E-state index < -0.39 is 0 Å². The molecule has 3 aromatic rings. The lowest BCUT2D eigenvalue weighted by molar-refractivity contribution is -0.114. The number of hydrogen-bond donors (Lipinski definition) is 1. The molecule has 7 heteroatoms. The van der Waals surface area contributed by atoms with Gasteiger partial charge in [-0.15, -0.1) is 0 Å². The average molecular weight is 446 g/mol. The van der Waals surface area contributed by atoms with E-state index in [0.717, 1.165) is 11.3 Å². The Morgan fingerprint density at radius 3 is 2.53 bits per heavy atom. The standard InChI is InChI=1S/C25H20FN3O2S/c1-17-6-5-7-20(14-17)27-23(30)16-32-25-28-22(15-18-10-12-19(26)13-11-18)24(31)29(25)21-8-3-2-4-9-21/h2-15H,16H2,1H3,(H,27,30)/b22-15+. The normalized spacial score (nSPS) is 14.6. The number of para-hydroxylation sites is 1. The molecule has 1 aliphatic rings. The summed E-state index contributed by atoms with van der Waals surface area (Å²) in [5.74, 6) is -0.759. The number of amides is 2. The molecule has 4 rings (SSSR count). The van der Waals surface area contributed by atoms with Crippen LogP contribution in [0.15, 0.2) is 89.6 Å². The van der Waals surface area contributed by atoms with Crippen molar-refractivity contribution in [3.63, 3.8) is 0 Å². The molecule has 0 fully saturated rings. The summed E-state index contributed by atoms with van der Waals surface area (Å²) in [4.78, 5) is 31.6. The van der Waals surface area contributed by atoms with Crippen LogP contribution in [0.1, 0.15) is 11.1 Å². The molecule has 0 aromatic heterocycles. The number of rotatable bonds is 5. The van der Waals surface area contributed by atoms with Gasteiger partial charge in [-0.1, -0.05) is 54.2 Å². The van der Waals surface area contributed by atoms with Gasteiger partial charge in [0.05, 0.1) is 11.4 Å². The van der Waals surface area contributed by atoms with Crippen LogP contribution in [0.25, 0.3) is 6.08 Å². The zero-order valence-electron chi connectivity index (χ0n) is 17.3. The first-order chi connectivity index (χ1) is 15.5. The number of nitrogens with zero attached hydrogens (tertiary/aromatic N) is 2. The van der Waals surface area contributed by atoms with Crippen LogP contribution in [-0.4, -0.2) is 22.7 Å². The molecule has 0 saturated carbocycles. The fourth-order valence-corrected chi connectivity index (χ4v) is 3.98. The van der Waals surface area contributed by atoms with Crippen LogP contribution in [0.2, 0.25) is 0 Å². The van der Waals surface area contributed by atoms with Crippen molar-refractivity contribution in [2.45, 2.75) is 6.92 Å². The minimum absolute atomic E-state index is 0.0905. The molecule has 0 unspecified atom stereocenters. The van der Waals surface area contributed by atoms with E-state index in [1.807, 2.05) is 61.5 Å². The summed E-state index contributed by atoms with van der Waals surface area (Å²) in [6.45, 7) is 1.95. The molecule has 0 bridgehead atoms. The van der Waals surface area contributed by atoms with Crippen molar-refractivity contribution in [1.82, 2.24) is 0 Å². The minimum Gasteiger partial charge on any atom is -0.325 e. The van der Waals surface area contributed by atoms with Crippen LogP contribution < -0.4 is 10.2 Å². The van der Waals surface area contributed by atoms with Crippen LogP contribution >= 0.6 is 11.8 Å². The molecule has 160 valence electrons. The number of anilines is 2. The second-order valence-electron chi connectivity index (χ2n) is 7.16. The van der Waals surface area contributed by atoms with Gasteiger partial charge in [-0.05, 0) is 60.5 Å². The Balaban J connectivity index is 1.55. The van der Waals surface area contributed by atoms with Gasteiger partial charge in [0, 0.05) is 5.69 Å². The number of aryl methyl sites for hydroxylation is 1. The Hall–Kier alpha value is -3.71. The number of halogens is 1. The molecule has 0 radical (unpaired) electrons. The fourth-order valence-electron chi connectivity index (χ4n) is 3.16. The first-order valence-corrected chi connectivity index (χ1v) is 10.9. The van der Waals surface area contributed by atoms with Crippen LogP contribution in [0, 0.1) is 12.7 Å². The zero-order chi connectivity index (χ0) is 22.5. The monoisotopic (exact) mass is 445 g/mol. The van der Waals surface area contributed by atoms with Crippen molar-refractivity contribution in [3.05, 3.63) is 102 Å². The van der Waals surface area contributed by atoms with Crippen LogP contribution in [0.4, 0.5) is 15.8 Å². The second kappa shape index (κ2) is 9.62. The third-order valence-corrected chi connectivity index (χ3v) is 5.59. The fraction of sp³-hybridized carbons (Fsp3) is 0.0800. The Labute approximate surface area is 189 Å². The number of carbonyl (C=O) groups is 2. The maximum Gasteiger partial charge on any atom is 0.283 e. The summed E-state index contributed by atoms with van der Waals surface area (Å²) < 4.78 is 13.2. The lowest BCUT2D eigenvalue weighted by Crippen LogP contribution is -2.31. The van der Waals surface area contributed by atoms with Gasteiger partial charge in [-0.25, -0.2) is 9.38 Å². The van der Waals surface area contributed by atoms with Crippen molar-refractivity contribution in [1.29, 1.82) is 0 Å². The molecule has 32 heavy (non-hydrogen) atoms. The number of hydrogen-bond acceptors (Lipinski definition) is 4. The minimum atomic E-state index is -0.352. The van der Waals surface area contributed by atoms with Crippen molar-refractivity contribution in [3.8, 4) is 0 Å². The van der Waals surface area contributed by atoms with Gasteiger partial charge in [0.1, 0.15) is 11.5 Å². The van der Waals surface area contributed by atoms with Crippen LogP contribution in [-0.2, 0) is 9.59 Å². The summed E-state index contributed by atoms with van der Waals surface area (Å²) >= 11 is 1.18. The lowest BCUT2D eigenvalue weighted by atomic mass is 10.2. The van der Waals surface area contributed by atoms with E-state index in [-0.39, 0.29) is 29.1 Å². The van der Waals surface area contributed by atoms with E-state index in [4.69, 9.17) is 0 Å². The predicted molar refractivity (Wildman–Crippen MR) is 128 cm³/mol. The van der Waals surface area contributed by atoms with Crippen molar-refractivity contribution < 1.29 is 14.0 Å². The van der Waals surface area contributed by atoms with E-state index in [9.17, 15) is 14.0 Å². The van der Waals surface area contributed by atoms with E-state index >= 15 is 0 Å². The summed E-state index contributed by atoms with van der Waals surface area (Å²) in [5.41, 5.74) is 3.31. The van der Waals surface area contributed by atoms with Crippen molar-refractivity contribution in [2.24, 2.45) is 4.99 Å². The molecular weight excluding hydrogens is 425 g/mol. The number of aliphatic imine (C=N–C) groups is 1. The third kappa shape index (κ3) is 5.12. The highest BCUT2D eigenvalue weighted by Gasteiger charge is 2.32. The first-order valence-electron chi connectivity index (χ1n) is 9.94. The molecule has 3 aromatic carbocycles. The third-order valence-electron chi connectivity index (χ3n) is 4.65. The highest BCUT2D eigenvalue weighted by Crippen LogP contribution is 2.29. The molecule has 1 N–H and O–H groups in total. The van der Waals surface area contributed by atoms with Crippen LogP contribution in [0.5, 0.6) is 0 Å². The molecule has 1 aliphatic heterocycles. The van der Waals surface area contributed by atoms with Gasteiger partial charge in [0.2, 0.25) is 5.91 Å². The highest BCUT2D eigenvalue weighted by molar-refractivity contribution is 8.14. The Morgan fingerprint density at radius 2 is 1.81 bits per heavy atom. The molecule has 1 heterocycles. The average Bonchev–Trinajstić information content (AvgIpc) is 3.09. The number of carbonyl (C=O) groups excluding carboxylic acids is 2. The first kappa shape index (κ1) is 21.5. The summed E-state index contributed by atoms with van der Waals surface area (Å²) in [6, 6.07) is 22.5. The van der Waals surface area contributed by atoms with Crippen molar-refractivity contribution >= 4 is 46.2 Å². The van der Waals surface area contributed by atoms with E-state index in [2.05, 4.69) is 10.3 Å². The Bertz CT molecular complexity index is 1210. The van der Waals surface area contributed by atoms with Crippen LogP contribution in [0.3, 0.4) is 0 Å². The quantitative estimate of drug-likeness (QED) is 0.546. The Morgan fingerprint density at radius 1 is 1.06 bits per heavy atom. The maximum absolute atomic E-state index is 13.2. The molecule has 0 atom stereocenters. The lowest BCUT2D eigenvalue weighted by Gasteiger charge is -2.17. The predicted octanol–water partition coefficient (Wildman–Crippen LogP) is 5.25. The van der Waals surface area contributed by atoms with Gasteiger partial charge in [0.25, 0.3) is 5.91 Å². The molecule has 5 nitrogen and oxygen atoms in total. The number of benzene rings is 3. The largest absolute Gasteiger partial charge is 0.325 e. The van der Waals surface area contributed by atoms with Gasteiger partial charge < -0.3 is 5.32 Å². The SMILES string of the molecule is Cc1cccc(NC(=O)CSC2=N/C(=C/c3ccc(F)cc3)C(=O)N2c2ccccc2)c1. The van der Waals surface area contributed by atoms with Crippen molar-refractivity contribution in [2.75, 3.05) is 16.0 Å². The molecule has 0 saturated heterocycles. The van der Waals surface area contributed by atoms with Gasteiger partial charge in [-0.2, -0.15) is 0 Å². The smallest absolute Gasteiger partial charge is 0.283 e. The Kier molecular flexibility index (Phi) is 6.47. The van der Waals surface area contributed by atoms with E-state index in [1.54, 1.807) is 18.2 Å². The molecule has 2 amide bonds. The molecular formula is C25H20FN3O2S. The summed E-state index contributed by atoms with van der Waals surface area (Å²) in [5, 5.41) is 3.27. The van der Waals surface area contributed by atoms with E-state index in [1.165, 1.54) is 28.8 Å². The summed E-state index contributed by atoms with van der Waals surface area (Å²) in [7, 11) is 0. The van der Waals surface area contributed by atoms with E-state index in [0.29, 0.717) is 16.4 Å². The molecule has 0 spiro atoms. The maximum atomic E-state index is 13.2. The second-order valence-corrected chi connectivity index (χ2v) is 8.10. The van der Waals surface area contributed by atoms with Gasteiger partial charge >= 0.3 is 0 Å². The van der Waals surface area contributed by atoms with Gasteiger partial charge in [-0.3, -0.25) is 14.5 Å². The number of nitrogens with one attached hydrogen (secondary N) is 1. The highest BCUT2D eigenvalue weighted by atomic mass is 32.2.